The first-order valence-corrected chi connectivity index (χ1v) is 9.26. The lowest BCUT2D eigenvalue weighted by atomic mass is 10.1. The zero-order chi connectivity index (χ0) is 19.5. The number of aromatic nitrogens is 3. The van der Waals surface area contributed by atoms with Gasteiger partial charge in [-0.2, -0.15) is 0 Å². The van der Waals surface area contributed by atoms with Gasteiger partial charge >= 0.3 is 0 Å². The lowest BCUT2D eigenvalue weighted by Gasteiger charge is -2.24. The van der Waals surface area contributed by atoms with Crippen molar-refractivity contribution in [2.24, 2.45) is 0 Å². The Bertz CT molecular complexity index is 982. The number of ether oxygens (including phenoxy) is 2. The third kappa shape index (κ3) is 3.48. The van der Waals surface area contributed by atoms with Crippen LogP contribution >= 0.6 is 0 Å². The number of rotatable bonds is 5. The largest absolute Gasteiger partial charge is 0.497 e. The number of hydrogen-bond donors (Lipinski definition) is 1. The van der Waals surface area contributed by atoms with Crippen molar-refractivity contribution in [3.8, 4) is 5.75 Å². The number of anilines is 1. The second kappa shape index (κ2) is 7.82. The Morgan fingerprint density at radius 2 is 2.04 bits per heavy atom. The molecule has 1 N–H and O–H groups in total. The van der Waals surface area contributed by atoms with Crippen molar-refractivity contribution in [3.63, 3.8) is 0 Å². The summed E-state index contributed by atoms with van der Waals surface area (Å²) < 4.78 is 12.9. The van der Waals surface area contributed by atoms with E-state index in [-0.39, 0.29) is 18.6 Å². The molecule has 1 unspecified atom stereocenters. The number of carbonyl (C=O) groups is 1. The fourth-order valence-electron chi connectivity index (χ4n) is 3.34. The van der Waals surface area contributed by atoms with Gasteiger partial charge in [0.1, 0.15) is 11.9 Å². The van der Waals surface area contributed by atoms with Crippen LogP contribution < -0.4 is 10.1 Å². The van der Waals surface area contributed by atoms with Gasteiger partial charge in [-0.05, 0) is 35.7 Å². The van der Waals surface area contributed by atoms with E-state index in [1.807, 2.05) is 48.5 Å². The van der Waals surface area contributed by atoms with Crippen LogP contribution in [0.25, 0.3) is 0 Å². The first kappa shape index (κ1) is 18.2. The molecular formula is C21H22N4O3. The summed E-state index contributed by atoms with van der Waals surface area (Å²) in [6.07, 6.45) is 0.694. The van der Waals surface area contributed by atoms with Gasteiger partial charge in [-0.25, -0.2) is 4.68 Å². The van der Waals surface area contributed by atoms with Crippen LogP contribution in [-0.4, -0.2) is 28.0 Å². The second-order valence-corrected chi connectivity index (χ2v) is 6.60. The highest BCUT2D eigenvalue weighted by Gasteiger charge is 2.28. The predicted octanol–water partition coefficient (Wildman–Crippen LogP) is 3.37. The van der Waals surface area contributed by atoms with E-state index in [0.29, 0.717) is 17.9 Å². The van der Waals surface area contributed by atoms with Gasteiger partial charge in [0.05, 0.1) is 26.0 Å². The van der Waals surface area contributed by atoms with Crippen molar-refractivity contribution < 1.29 is 14.3 Å². The smallest absolute Gasteiger partial charge is 0.278 e. The highest BCUT2D eigenvalue weighted by Crippen LogP contribution is 2.28. The quantitative estimate of drug-likeness (QED) is 0.736. The van der Waals surface area contributed by atoms with Gasteiger partial charge in [-0.1, -0.05) is 42.5 Å². The molecule has 0 bridgehead atoms. The maximum Gasteiger partial charge on any atom is 0.278 e. The van der Waals surface area contributed by atoms with E-state index in [4.69, 9.17) is 9.47 Å². The SMILES string of the molecule is CCc1ccccc1NC(=O)c1nnn2c1COC(c1ccc(OC)cc1)C2. The first-order valence-electron chi connectivity index (χ1n) is 9.26. The minimum Gasteiger partial charge on any atom is -0.497 e. The molecule has 0 spiro atoms. The van der Waals surface area contributed by atoms with E-state index in [1.54, 1.807) is 11.8 Å². The molecule has 7 nitrogen and oxygen atoms in total. The molecule has 1 aliphatic rings. The molecule has 7 heteroatoms. The Balaban J connectivity index is 1.51. The lowest BCUT2D eigenvalue weighted by molar-refractivity contribution is -0.00173. The van der Waals surface area contributed by atoms with Gasteiger partial charge in [0.25, 0.3) is 5.91 Å². The van der Waals surface area contributed by atoms with Crippen molar-refractivity contribution in [3.05, 3.63) is 71.0 Å². The number of methoxy groups -OCH3 is 1. The van der Waals surface area contributed by atoms with E-state index in [0.717, 1.165) is 29.0 Å². The number of aryl methyl sites for hydroxylation is 1. The Morgan fingerprint density at radius 3 is 2.79 bits per heavy atom. The molecule has 0 saturated heterocycles. The average Bonchev–Trinajstić information content (AvgIpc) is 3.17. The molecule has 2 aromatic carbocycles. The number of benzene rings is 2. The Labute approximate surface area is 163 Å². The molecule has 0 radical (unpaired) electrons. The number of para-hydroxylation sites is 1. The van der Waals surface area contributed by atoms with Crippen LogP contribution in [0.1, 0.15) is 40.3 Å². The normalized spacial score (nSPS) is 15.7. The van der Waals surface area contributed by atoms with E-state index < -0.39 is 0 Å². The van der Waals surface area contributed by atoms with Crippen molar-refractivity contribution in [2.45, 2.75) is 32.6 Å². The number of hydrogen-bond acceptors (Lipinski definition) is 5. The lowest BCUT2D eigenvalue weighted by Crippen LogP contribution is -2.24. The molecule has 0 aliphatic carbocycles. The number of nitrogens with one attached hydrogen (secondary N) is 1. The number of carbonyl (C=O) groups excluding carboxylic acids is 1. The predicted molar refractivity (Wildman–Crippen MR) is 104 cm³/mol. The van der Waals surface area contributed by atoms with Gasteiger partial charge in [-0.15, -0.1) is 5.10 Å². The summed E-state index contributed by atoms with van der Waals surface area (Å²) in [5.74, 6) is 0.529. The zero-order valence-electron chi connectivity index (χ0n) is 15.9. The van der Waals surface area contributed by atoms with E-state index in [2.05, 4.69) is 22.6 Å². The van der Waals surface area contributed by atoms with Gasteiger partial charge in [0.2, 0.25) is 0 Å². The third-order valence-corrected chi connectivity index (χ3v) is 4.95. The van der Waals surface area contributed by atoms with Gasteiger partial charge < -0.3 is 14.8 Å². The molecule has 3 aromatic rings. The topological polar surface area (TPSA) is 78.3 Å². The monoisotopic (exact) mass is 378 g/mol. The molecule has 1 aliphatic heterocycles. The highest BCUT2D eigenvalue weighted by molar-refractivity contribution is 6.04. The third-order valence-electron chi connectivity index (χ3n) is 4.95. The fourth-order valence-corrected chi connectivity index (χ4v) is 3.34. The molecule has 1 amide bonds. The van der Waals surface area contributed by atoms with Crippen LogP contribution in [0.15, 0.2) is 48.5 Å². The molecular weight excluding hydrogens is 356 g/mol. The number of fused-ring (bicyclic) bond motifs is 1. The average molecular weight is 378 g/mol. The molecule has 4 rings (SSSR count). The van der Waals surface area contributed by atoms with Crippen molar-refractivity contribution in [1.82, 2.24) is 15.0 Å². The Morgan fingerprint density at radius 1 is 1.25 bits per heavy atom. The molecule has 144 valence electrons. The molecule has 1 atom stereocenters. The molecule has 0 saturated carbocycles. The number of nitrogens with zero attached hydrogens (tertiary/aromatic N) is 3. The minimum atomic E-state index is -0.270. The van der Waals surface area contributed by atoms with Gasteiger partial charge in [0.15, 0.2) is 5.69 Å². The van der Waals surface area contributed by atoms with E-state index >= 15 is 0 Å². The van der Waals surface area contributed by atoms with Crippen LogP contribution in [0.4, 0.5) is 5.69 Å². The van der Waals surface area contributed by atoms with E-state index in [9.17, 15) is 4.79 Å². The van der Waals surface area contributed by atoms with Crippen molar-refractivity contribution >= 4 is 11.6 Å². The minimum absolute atomic E-state index is 0.142. The number of amides is 1. The van der Waals surface area contributed by atoms with Crippen molar-refractivity contribution in [2.75, 3.05) is 12.4 Å². The molecule has 1 aromatic heterocycles. The van der Waals surface area contributed by atoms with Crippen LogP contribution in [0, 0.1) is 0 Å². The van der Waals surface area contributed by atoms with Crippen LogP contribution in [0.5, 0.6) is 5.75 Å². The standard InChI is InChI=1S/C21H22N4O3/c1-3-14-6-4-5-7-17(14)22-21(26)20-18-13-28-19(12-25(18)24-23-20)15-8-10-16(27-2)11-9-15/h4-11,19H,3,12-13H2,1-2H3,(H,22,26). The summed E-state index contributed by atoms with van der Waals surface area (Å²) in [7, 11) is 1.64. The Kier molecular flexibility index (Phi) is 5.08. The van der Waals surface area contributed by atoms with Crippen molar-refractivity contribution in [1.29, 1.82) is 0 Å². The highest BCUT2D eigenvalue weighted by atomic mass is 16.5. The summed E-state index contributed by atoms with van der Waals surface area (Å²) in [4.78, 5) is 12.7. The summed E-state index contributed by atoms with van der Waals surface area (Å²) in [5, 5.41) is 11.2. The fraction of sp³-hybridized carbons (Fsp3) is 0.286. The van der Waals surface area contributed by atoms with Crippen LogP contribution in [0.3, 0.4) is 0 Å². The van der Waals surface area contributed by atoms with Crippen LogP contribution in [0.2, 0.25) is 0 Å². The molecule has 28 heavy (non-hydrogen) atoms. The van der Waals surface area contributed by atoms with Gasteiger partial charge in [0, 0.05) is 5.69 Å². The maximum absolute atomic E-state index is 12.7. The molecule has 2 heterocycles. The zero-order valence-corrected chi connectivity index (χ0v) is 15.9. The summed E-state index contributed by atoms with van der Waals surface area (Å²) in [6.45, 7) is 2.84. The second-order valence-electron chi connectivity index (χ2n) is 6.60. The summed E-state index contributed by atoms with van der Waals surface area (Å²) in [6, 6.07) is 15.5. The summed E-state index contributed by atoms with van der Waals surface area (Å²) >= 11 is 0. The molecule has 0 fully saturated rings. The van der Waals surface area contributed by atoms with Gasteiger partial charge in [-0.3, -0.25) is 4.79 Å². The van der Waals surface area contributed by atoms with Crippen LogP contribution in [-0.2, 0) is 24.3 Å². The first-order chi connectivity index (χ1) is 13.7. The maximum atomic E-state index is 12.7. The summed E-state index contributed by atoms with van der Waals surface area (Å²) in [5.41, 5.74) is 3.90. The van der Waals surface area contributed by atoms with E-state index in [1.165, 1.54) is 0 Å². The Hall–Kier alpha value is -3.19.